The van der Waals surface area contributed by atoms with Gasteiger partial charge in [0.1, 0.15) is 5.58 Å². The Labute approximate surface area is 86.5 Å². The smallest absolute Gasteiger partial charge is 0.458 e. The summed E-state index contributed by atoms with van der Waals surface area (Å²) in [5, 5.41) is -0.357. The average Bonchev–Trinajstić information content (AvgIpc) is 2.62. The van der Waals surface area contributed by atoms with Crippen LogP contribution in [0.1, 0.15) is 5.56 Å². The first-order valence-corrected chi connectivity index (χ1v) is 4.17. The van der Waals surface area contributed by atoms with Crippen molar-refractivity contribution in [1.82, 2.24) is 0 Å². The molecule has 1 aromatic carbocycles. The third-order valence-electron chi connectivity index (χ3n) is 2.11. The van der Waals surface area contributed by atoms with Gasteiger partial charge in [-0.25, -0.2) is 0 Å². The monoisotopic (exact) mass is 235 g/mol. The number of fused-ring (bicyclic) bond motifs is 1. The van der Waals surface area contributed by atoms with Gasteiger partial charge in [0.15, 0.2) is 0 Å². The summed E-state index contributed by atoms with van der Waals surface area (Å²) in [4.78, 5) is 0. The van der Waals surface area contributed by atoms with Gasteiger partial charge in [0.25, 0.3) is 0 Å². The lowest BCUT2D eigenvalue weighted by molar-refractivity contribution is -0.288. The van der Waals surface area contributed by atoms with E-state index in [2.05, 4.69) is 6.07 Å². The van der Waals surface area contributed by atoms with Crippen LogP contribution >= 0.6 is 0 Å². The number of hydrogen-bond acceptors (Lipinski definition) is 1. The maximum absolute atomic E-state index is 13.1. The van der Waals surface area contributed by atoms with Crippen molar-refractivity contribution in [2.45, 2.75) is 12.1 Å². The molecule has 0 atom stereocenters. The molecule has 0 bridgehead atoms. The molecule has 1 heterocycles. The molecule has 0 aliphatic carbocycles. The van der Waals surface area contributed by atoms with Crippen LogP contribution in [0.2, 0.25) is 0 Å². The van der Waals surface area contributed by atoms with Crippen molar-refractivity contribution in [2.24, 2.45) is 0 Å². The van der Waals surface area contributed by atoms with Crippen LogP contribution in [0.15, 0.2) is 28.9 Å². The van der Waals surface area contributed by atoms with Gasteiger partial charge in [-0.05, 0) is 6.07 Å². The molecular weight excluding hydrogens is 231 g/mol. The zero-order valence-corrected chi connectivity index (χ0v) is 7.61. The minimum Gasteiger partial charge on any atom is -0.464 e. The highest BCUT2D eigenvalue weighted by molar-refractivity contribution is 5.81. The van der Waals surface area contributed by atoms with Gasteiger partial charge in [-0.15, -0.1) is 0 Å². The summed E-state index contributed by atoms with van der Waals surface area (Å²) in [6, 6.07) is 5.30. The molecule has 6 heteroatoms. The third-order valence-corrected chi connectivity index (χ3v) is 2.11. The molecule has 1 aromatic heterocycles. The van der Waals surface area contributed by atoms with Gasteiger partial charge in [0.05, 0.1) is 6.26 Å². The van der Waals surface area contributed by atoms with Crippen LogP contribution in [-0.2, 0) is 5.92 Å². The quantitative estimate of drug-likeness (QED) is 0.683. The van der Waals surface area contributed by atoms with Gasteiger partial charge in [-0.2, -0.15) is 22.0 Å². The van der Waals surface area contributed by atoms with E-state index in [0.29, 0.717) is 6.07 Å². The van der Waals surface area contributed by atoms with Crippen LogP contribution in [0.5, 0.6) is 0 Å². The fourth-order valence-corrected chi connectivity index (χ4v) is 1.34. The Bertz CT molecular complexity index is 511. The van der Waals surface area contributed by atoms with Gasteiger partial charge >= 0.3 is 12.1 Å². The predicted octanol–water partition coefficient (Wildman–Crippen LogP) is 3.89. The molecular formula is C10H4F5O. The van der Waals surface area contributed by atoms with Gasteiger partial charge in [0.2, 0.25) is 0 Å². The van der Waals surface area contributed by atoms with Crippen molar-refractivity contribution < 1.29 is 26.4 Å². The zero-order valence-electron chi connectivity index (χ0n) is 7.61. The second kappa shape index (κ2) is 3.20. The molecule has 0 amide bonds. The van der Waals surface area contributed by atoms with Crippen LogP contribution in [0, 0.1) is 6.07 Å². The second-order valence-electron chi connectivity index (χ2n) is 3.13. The van der Waals surface area contributed by atoms with Crippen molar-refractivity contribution in [3.63, 3.8) is 0 Å². The topological polar surface area (TPSA) is 13.1 Å². The summed E-state index contributed by atoms with van der Waals surface area (Å²) in [5.41, 5.74) is -1.20. The standard InChI is InChI=1S/C10H4F5O/c11-9(12,10(13,14)15)7-2-1-3-8-6(7)4-5-16-8/h1-3,5H. The lowest BCUT2D eigenvalue weighted by Crippen LogP contribution is -2.33. The Kier molecular flexibility index (Phi) is 2.18. The SMILES string of the molecule is FC(F)(F)C(F)(F)c1cccc2oc[c]c12. The van der Waals surface area contributed by atoms with Gasteiger partial charge in [0, 0.05) is 17.0 Å². The third kappa shape index (κ3) is 1.45. The fraction of sp³-hybridized carbons (Fsp3) is 0.200. The second-order valence-corrected chi connectivity index (χ2v) is 3.13. The molecule has 2 aromatic rings. The lowest BCUT2D eigenvalue weighted by atomic mass is 10.0. The molecule has 0 aliphatic heterocycles. The Hall–Kier alpha value is -1.59. The van der Waals surface area contributed by atoms with Crippen molar-refractivity contribution in [1.29, 1.82) is 0 Å². The number of furan rings is 1. The van der Waals surface area contributed by atoms with Gasteiger partial charge < -0.3 is 4.42 Å². The van der Waals surface area contributed by atoms with E-state index in [1.807, 2.05) is 0 Å². The Morgan fingerprint density at radius 1 is 1.06 bits per heavy atom. The normalized spacial score (nSPS) is 13.3. The van der Waals surface area contributed by atoms with Crippen molar-refractivity contribution in [2.75, 3.05) is 0 Å². The first kappa shape index (κ1) is 10.9. The van der Waals surface area contributed by atoms with E-state index in [-0.39, 0.29) is 11.0 Å². The van der Waals surface area contributed by atoms with Gasteiger partial charge in [-0.3, -0.25) is 0 Å². The highest BCUT2D eigenvalue weighted by atomic mass is 19.4. The maximum Gasteiger partial charge on any atom is 0.458 e. The number of hydrogen-bond donors (Lipinski definition) is 0. The molecule has 0 saturated heterocycles. The molecule has 0 aliphatic rings. The summed E-state index contributed by atoms with van der Waals surface area (Å²) < 4.78 is 67.4. The van der Waals surface area contributed by atoms with E-state index in [9.17, 15) is 22.0 Å². The highest BCUT2D eigenvalue weighted by Crippen LogP contribution is 2.45. The fourth-order valence-electron chi connectivity index (χ4n) is 1.34. The summed E-state index contributed by atoms with van der Waals surface area (Å²) >= 11 is 0. The molecule has 0 saturated carbocycles. The first-order chi connectivity index (χ1) is 7.34. The molecule has 0 fully saturated rings. The number of rotatable bonds is 1. The lowest BCUT2D eigenvalue weighted by Gasteiger charge is -2.20. The first-order valence-electron chi connectivity index (χ1n) is 4.17. The largest absolute Gasteiger partial charge is 0.464 e. The van der Waals surface area contributed by atoms with E-state index < -0.39 is 17.7 Å². The van der Waals surface area contributed by atoms with Crippen molar-refractivity contribution in [3.05, 3.63) is 36.1 Å². The highest BCUT2D eigenvalue weighted by Gasteiger charge is 2.59. The minimum atomic E-state index is -5.63. The Morgan fingerprint density at radius 3 is 2.38 bits per heavy atom. The van der Waals surface area contributed by atoms with E-state index >= 15 is 0 Å². The molecule has 1 nitrogen and oxygen atoms in total. The summed E-state index contributed by atoms with van der Waals surface area (Å²) in [6.07, 6.45) is -4.69. The molecule has 85 valence electrons. The summed E-state index contributed by atoms with van der Waals surface area (Å²) in [7, 11) is 0. The number of alkyl halides is 5. The van der Waals surface area contributed by atoms with Crippen LogP contribution in [-0.4, -0.2) is 6.18 Å². The van der Waals surface area contributed by atoms with Crippen LogP contribution < -0.4 is 0 Å². The van der Waals surface area contributed by atoms with E-state index in [1.165, 1.54) is 6.07 Å². The van der Waals surface area contributed by atoms with Crippen LogP contribution in [0.3, 0.4) is 0 Å². The molecule has 2 rings (SSSR count). The average molecular weight is 235 g/mol. The van der Waals surface area contributed by atoms with Crippen LogP contribution in [0.25, 0.3) is 11.0 Å². The number of halogens is 5. The van der Waals surface area contributed by atoms with E-state index in [4.69, 9.17) is 4.42 Å². The molecule has 16 heavy (non-hydrogen) atoms. The van der Waals surface area contributed by atoms with Crippen molar-refractivity contribution >= 4 is 11.0 Å². The maximum atomic E-state index is 13.1. The summed E-state index contributed by atoms with van der Waals surface area (Å²) in [5.74, 6) is -4.91. The molecule has 0 spiro atoms. The zero-order chi connectivity index (χ0) is 12.0. The van der Waals surface area contributed by atoms with Crippen molar-refractivity contribution in [3.8, 4) is 0 Å². The molecule has 1 radical (unpaired) electrons. The van der Waals surface area contributed by atoms with Crippen LogP contribution in [0.4, 0.5) is 22.0 Å². The minimum absolute atomic E-state index is 0.0542. The van der Waals surface area contributed by atoms with E-state index in [1.54, 1.807) is 0 Å². The van der Waals surface area contributed by atoms with Gasteiger partial charge in [-0.1, -0.05) is 12.1 Å². The summed E-state index contributed by atoms with van der Waals surface area (Å²) in [6.45, 7) is 0. The predicted molar refractivity (Wildman–Crippen MR) is 45.0 cm³/mol. The Balaban J connectivity index is 2.68. The van der Waals surface area contributed by atoms with E-state index in [0.717, 1.165) is 12.3 Å². The molecule has 0 unspecified atom stereocenters. The molecule has 0 N–H and O–H groups in total. The Morgan fingerprint density at radius 2 is 1.75 bits per heavy atom. The number of benzene rings is 1.